The van der Waals surface area contributed by atoms with Crippen molar-refractivity contribution in [3.63, 3.8) is 0 Å². The number of carbonyl (C=O) groups is 1. The maximum absolute atomic E-state index is 11.8. The second-order valence-corrected chi connectivity index (χ2v) is 4.99. The molecule has 0 fully saturated rings. The van der Waals surface area contributed by atoms with Crippen LogP contribution in [-0.4, -0.2) is 29.2 Å². The van der Waals surface area contributed by atoms with Gasteiger partial charge < -0.3 is 15.2 Å². The Balaban J connectivity index is 2.32. The maximum Gasteiger partial charge on any atom is 0.357 e. The Kier molecular flexibility index (Phi) is 5.30. The predicted molar refractivity (Wildman–Crippen MR) is 88.1 cm³/mol. The molecule has 0 saturated carbocycles. The van der Waals surface area contributed by atoms with Gasteiger partial charge in [-0.15, -0.1) is 0 Å². The third kappa shape index (κ3) is 4.54. The summed E-state index contributed by atoms with van der Waals surface area (Å²) in [4.78, 5) is 19.9. The molecule has 0 amide bonds. The number of hydrogen-bond acceptors (Lipinski definition) is 6. The minimum Gasteiger partial charge on any atom is -0.489 e. The third-order valence-corrected chi connectivity index (χ3v) is 2.84. The van der Waals surface area contributed by atoms with Crippen LogP contribution in [-0.2, 0) is 4.74 Å². The van der Waals surface area contributed by atoms with Crippen LogP contribution < -0.4 is 10.5 Å². The molecule has 2 rings (SSSR count). The minimum atomic E-state index is -0.530. The molecule has 2 aromatic rings. The molecule has 0 aliphatic rings. The Morgan fingerprint density at radius 2 is 2.09 bits per heavy atom. The first-order valence-corrected chi connectivity index (χ1v) is 7.19. The van der Waals surface area contributed by atoms with E-state index in [4.69, 9.17) is 15.2 Å². The van der Waals surface area contributed by atoms with E-state index in [1.807, 2.05) is 31.2 Å². The van der Waals surface area contributed by atoms with Gasteiger partial charge in [0.05, 0.1) is 12.3 Å². The fourth-order valence-electron chi connectivity index (χ4n) is 1.88. The Bertz CT molecular complexity index is 729. The van der Waals surface area contributed by atoms with Crippen molar-refractivity contribution in [1.82, 2.24) is 9.97 Å². The van der Waals surface area contributed by atoms with E-state index in [1.165, 1.54) is 0 Å². The van der Waals surface area contributed by atoms with Crippen LogP contribution in [0.4, 0.5) is 5.95 Å². The molecule has 0 atom stereocenters. The highest BCUT2D eigenvalue weighted by molar-refractivity contribution is 5.88. The van der Waals surface area contributed by atoms with E-state index < -0.39 is 5.97 Å². The summed E-state index contributed by atoms with van der Waals surface area (Å²) >= 11 is 0. The molecule has 23 heavy (non-hydrogen) atoms. The van der Waals surface area contributed by atoms with E-state index >= 15 is 0 Å². The number of nitrogen functional groups attached to an aromatic ring is 1. The van der Waals surface area contributed by atoms with Crippen molar-refractivity contribution in [1.29, 1.82) is 0 Å². The van der Waals surface area contributed by atoms with E-state index in [1.54, 1.807) is 13.0 Å². The Hall–Kier alpha value is -2.89. The van der Waals surface area contributed by atoms with Crippen molar-refractivity contribution in [2.45, 2.75) is 13.8 Å². The summed E-state index contributed by atoms with van der Waals surface area (Å²) in [5.41, 5.74) is 8.04. The summed E-state index contributed by atoms with van der Waals surface area (Å²) in [6.45, 7) is 8.11. The lowest BCUT2D eigenvalue weighted by Crippen LogP contribution is -2.10. The number of aromatic nitrogens is 2. The molecule has 6 heteroatoms. The molecule has 0 unspecified atom stereocenters. The first kappa shape index (κ1) is 16.5. The fraction of sp³-hybridized carbons (Fsp3) is 0.235. The van der Waals surface area contributed by atoms with Crippen LogP contribution in [0.3, 0.4) is 0 Å². The van der Waals surface area contributed by atoms with E-state index in [9.17, 15) is 4.79 Å². The van der Waals surface area contributed by atoms with E-state index in [-0.39, 0.29) is 18.2 Å². The summed E-state index contributed by atoms with van der Waals surface area (Å²) in [5, 5.41) is 0. The molecule has 120 valence electrons. The topological polar surface area (TPSA) is 87.3 Å². The van der Waals surface area contributed by atoms with Crippen molar-refractivity contribution in [2.24, 2.45) is 0 Å². The maximum atomic E-state index is 11.8. The molecule has 0 radical (unpaired) electrons. The van der Waals surface area contributed by atoms with Gasteiger partial charge in [-0.05, 0) is 37.6 Å². The summed E-state index contributed by atoms with van der Waals surface area (Å²) in [7, 11) is 0. The fourth-order valence-corrected chi connectivity index (χ4v) is 1.88. The van der Waals surface area contributed by atoms with Crippen LogP contribution in [0.1, 0.15) is 24.3 Å². The first-order chi connectivity index (χ1) is 11.0. The number of nitrogens with zero attached hydrogens (tertiary/aromatic N) is 2. The van der Waals surface area contributed by atoms with Crippen molar-refractivity contribution < 1.29 is 14.3 Å². The van der Waals surface area contributed by atoms with Crippen molar-refractivity contribution in [2.75, 3.05) is 18.9 Å². The van der Waals surface area contributed by atoms with Gasteiger partial charge in [0, 0.05) is 5.56 Å². The van der Waals surface area contributed by atoms with Gasteiger partial charge in [-0.3, -0.25) is 0 Å². The zero-order valence-corrected chi connectivity index (χ0v) is 13.2. The zero-order chi connectivity index (χ0) is 16.8. The van der Waals surface area contributed by atoms with E-state index in [0.29, 0.717) is 18.1 Å². The molecular weight excluding hydrogens is 294 g/mol. The van der Waals surface area contributed by atoms with Gasteiger partial charge in [0.25, 0.3) is 0 Å². The quantitative estimate of drug-likeness (QED) is 0.652. The summed E-state index contributed by atoms with van der Waals surface area (Å²) in [6, 6.07) is 8.89. The molecule has 0 aliphatic carbocycles. The highest BCUT2D eigenvalue weighted by atomic mass is 16.5. The summed E-state index contributed by atoms with van der Waals surface area (Å²) < 4.78 is 10.6. The molecule has 2 N–H and O–H groups in total. The second kappa shape index (κ2) is 7.40. The predicted octanol–water partition coefficient (Wildman–Crippen LogP) is 2.86. The van der Waals surface area contributed by atoms with E-state index in [2.05, 4.69) is 16.5 Å². The Labute approximate surface area is 135 Å². The average Bonchev–Trinajstić information content (AvgIpc) is 2.53. The van der Waals surface area contributed by atoms with Gasteiger partial charge >= 0.3 is 5.97 Å². The third-order valence-electron chi connectivity index (χ3n) is 2.84. The minimum absolute atomic E-state index is 0.0128. The lowest BCUT2D eigenvalue weighted by Gasteiger charge is -2.09. The largest absolute Gasteiger partial charge is 0.489 e. The summed E-state index contributed by atoms with van der Waals surface area (Å²) in [6.07, 6.45) is 0. The monoisotopic (exact) mass is 313 g/mol. The van der Waals surface area contributed by atoms with Crippen LogP contribution in [0.2, 0.25) is 0 Å². The number of esters is 1. The molecule has 1 aromatic carbocycles. The van der Waals surface area contributed by atoms with Gasteiger partial charge in [0.2, 0.25) is 5.95 Å². The van der Waals surface area contributed by atoms with Crippen LogP contribution in [0, 0.1) is 0 Å². The molecular formula is C17H19N3O3. The zero-order valence-electron chi connectivity index (χ0n) is 13.2. The Morgan fingerprint density at radius 3 is 2.78 bits per heavy atom. The van der Waals surface area contributed by atoms with Crippen LogP contribution >= 0.6 is 0 Å². The lowest BCUT2D eigenvalue weighted by molar-refractivity contribution is 0.0519. The average molecular weight is 313 g/mol. The van der Waals surface area contributed by atoms with E-state index in [0.717, 1.165) is 11.1 Å². The number of benzene rings is 1. The first-order valence-electron chi connectivity index (χ1n) is 7.19. The molecule has 6 nitrogen and oxygen atoms in total. The Morgan fingerprint density at radius 1 is 1.30 bits per heavy atom. The molecule has 1 aromatic heterocycles. The number of hydrogen-bond donors (Lipinski definition) is 1. The summed E-state index contributed by atoms with van der Waals surface area (Å²) in [5.74, 6) is 0.164. The number of carbonyl (C=O) groups excluding carboxylic acids is 1. The molecule has 0 bridgehead atoms. The van der Waals surface area contributed by atoms with Crippen LogP contribution in [0.5, 0.6) is 5.75 Å². The van der Waals surface area contributed by atoms with Gasteiger partial charge in [-0.1, -0.05) is 18.7 Å². The molecule has 0 aliphatic heterocycles. The van der Waals surface area contributed by atoms with Crippen molar-refractivity contribution >= 4 is 11.9 Å². The lowest BCUT2D eigenvalue weighted by atomic mass is 10.1. The number of rotatable bonds is 6. The smallest absolute Gasteiger partial charge is 0.357 e. The van der Waals surface area contributed by atoms with Gasteiger partial charge in [-0.25, -0.2) is 14.8 Å². The van der Waals surface area contributed by atoms with Crippen LogP contribution in [0.25, 0.3) is 11.3 Å². The highest BCUT2D eigenvalue weighted by Crippen LogP contribution is 2.24. The number of nitrogens with two attached hydrogens (primary N) is 1. The van der Waals surface area contributed by atoms with Crippen LogP contribution in [0.15, 0.2) is 42.5 Å². The van der Waals surface area contributed by atoms with Crippen molar-refractivity contribution in [3.8, 4) is 17.0 Å². The highest BCUT2D eigenvalue weighted by Gasteiger charge is 2.13. The van der Waals surface area contributed by atoms with Gasteiger partial charge in [0.15, 0.2) is 5.69 Å². The molecule has 0 spiro atoms. The standard InChI is InChI=1S/C17H19N3O3/c1-4-22-16(21)15-9-14(19-17(18)20-15)12-6-5-7-13(8-12)23-10-11(2)3/h5-9H,2,4,10H2,1,3H3,(H2,18,19,20). The van der Waals surface area contributed by atoms with Crippen molar-refractivity contribution in [3.05, 3.63) is 48.2 Å². The second-order valence-electron chi connectivity index (χ2n) is 4.99. The normalized spacial score (nSPS) is 10.2. The molecule has 0 saturated heterocycles. The van der Waals surface area contributed by atoms with Gasteiger partial charge in [-0.2, -0.15) is 0 Å². The SMILES string of the molecule is C=C(C)COc1cccc(-c2cc(C(=O)OCC)nc(N)n2)c1. The number of anilines is 1. The number of ether oxygens (including phenoxy) is 2. The van der Waals surface area contributed by atoms with Gasteiger partial charge in [0.1, 0.15) is 12.4 Å². The molecule has 1 heterocycles.